The third-order valence-corrected chi connectivity index (χ3v) is 4.13. The second-order valence-corrected chi connectivity index (χ2v) is 5.65. The number of nitrogens with zero attached hydrogens (tertiary/aromatic N) is 1. The summed E-state index contributed by atoms with van der Waals surface area (Å²) in [5.41, 5.74) is -0.796. The van der Waals surface area contributed by atoms with Crippen molar-refractivity contribution < 1.29 is 22.4 Å². The second-order valence-electron chi connectivity index (χ2n) is 5.65. The molecule has 0 bridgehead atoms. The van der Waals surface area contributed by atoms with Crippen molar-refractivity contribution in [1.29, 1.82) is 0 Å². The van der Waals surface area contributed by atoms with Gasteiger partial charge in [0, 0.05) is 19.0 Å². The van der Waals surface area contributed by atoms with Gasteiger partial charge in [-0.05, 0) is 25.3 Å². The Morgan fingerprint density at radius 2 is 2.10 bits per heavy atom. The molecule has 1 saturated heterocycles. The minimum Gasteiger partial charge on any atom is -0.489 e. The van der Waals surface area contributed by atoms with Crippen LogP contribution in [-0.2, 0) is 4.74 Å². The van der Waals surface area contributed by atoms with E-state index < -0.39 is 12.4 Å². The molecule has 3 nitrogen and oxygen atoms in total. The largest absolute Gasteiger partial charge is 0.511 e. The van der Waals surface area contributed by atoms with Crippen LogP contribution in [-0.4, -0.2) is 30.3 Å². The number of pyridine rings is 1. The van der Waals surface area contributed by atoms with Crippen LogP contribution in [0.5, 0.6) is 5.75 Å². The van der Waals surface area contributed by atoms with Crippen LogP contribution in [0.2, 0.25) is 0 Å². The number of rotatable bonds is 3. The van der Waals surface area contributed by atoms with E-state index in [1.54, 1.807) is 0 Å². The molecule has 2 fully saturated rings. The summed E-state index contributed by atoms with van der Waals surface area (Å²) in [5.74, 6) is 0.197. The molecule has 1 aliphatic heterocycles. The Hall–Kier alpha value is -1.24. The van der Waals surface area contributed by atoms with Crippen LogP contribution in [0.1, 0.15) is 32.1 Å². The molecule has 2 aliphatic rings. The van der Waals surface area contributed by atoms with Crippen LogP contribution in [0.3, 0.4) is 0 Å². The molecule has 1 aromatic rings. The number of aromatic nitrogens is 1. The van der Waals surface area contributed by atoms with E-state index in [0.717, 1.165) is 37.9 Å². The van der Waals surface area contributed by atoms with Gasteiger partial charge in [0.1, 0.15) is 11.9 Å². The standard InChI is InChI=1S/C13H16BF3NO2/c15-14(16,17)10-6-12(9-18-8-10)20-11-2-5-19-13(7-11)3-1-4-13/h6,8-9,11H,1-5,7H2/q-1. The zero-order valence-corrected chi connectivity index (χ0v) is 11.0. The smallest absolute Gasteiger partial charge is 0.489 e. The van der Waals surface area contributed by atoms with E-state index >= 15 is 0 Å². The molecule has 1 saturated carbocycles. The van der Waals surface area contributed by atoms with E-state index in [-0.39, 0.29) is 17.5 Å². The maximum Gasteiger partial charge on any atom is 0.511 e. The SMILES string of the molecule is F[B-](F)(F)c1cncc(OC2CCOC3(CCC3)C2)c1. The Balaban J connectivity index is 1.68. The lowest BCUT2D eigenvalue weighted by molar-refractivity contribution is -0.153. The summed E-state index contributed by atoms with van der Waals surface area (Å²) < 4.78 is 49.5. The first-order chi connectivity index (χ1) is 9.47. The summed E-state index contributed by atoms with van der Waals surface area (Å²) in [6, 6.07) is 1.04. The third-order valence-electron chi connectivity index (χ3n) is 4.13. The zero-order valence-electron chi connectivity index (χ0n) is 11.0. The van der Waals surface area contributed by atoms with Gasteiger partial charge in [-0.25, -0.2) is 0 Å². The van der Waals surface area contributed by atoms with Gasteiger partial charge in [0.25, 0.3) is 0 Å². The van der Waals surface area contributed by atoms with Crippen LogP contribution in [0.15, 0.2) is 18.5 Å². The predicted octanol–water partition coefficient (Wildman–Crippen LogP) is 2.62. The minimum absolute atomic E-state index is 0.0814. The van der Waals surface area contributed by atoms with Gasteiger partial charge in [-0.2, -0.15) is 0 Å². The maximum absolute atomic E-state index is 12.7. The minimum atomic E-state index is -5.04. The lowest BCUT2D eigenvalue weighted by Gasteiger charge is -2.46. The van der Waals surface area contributed by atoms with Gasteiger partial charge in [-0.15, -0.1) is 0 Å². The monoisotopic (exact) mass is 286 g/mol. The first kappa shape index (κ1) is 13.7. The van der Waals surface area contributed by atoms with Gasteiger partial charge in [-0.1, -0.05) is 5.46 Å². The zero-order chi connectivity index (χ0) is 14.2. The summed E-state index contributed by atoms with van der Waals surface area (Å²) in [4.78, 5) is 3.63. The fraction of sp³-hybridized carbons (Fsp3) is 0.615. The highest BCUT2D eigenvalue weighted by Gasteiger charge is 2.43. The molecular formula is C13H16BF3NO2-. The molecule has 0 N–H and O–H groups in total. The average Bonchev–Trinajstić information content (AvgIpc) is 2.36. The Labute approximate surface area is 115 Å². The number of hydrogen-bond donors (Lipinski definition) is 0. The number of ether oxygens (including phenoxy) is 2. The molecule has 1 aromatic heterocycles. The molecule has 3 rings (SSSR count). The highest BCUT2D eigenvalue weighted by Crippen LogP contribution is 2.43. The van der Waals surface area contributed by atoms with Crippen molar-refractivity contribution in [2.75, 3.05) is 6.61 Å². The summed E-state index contributed by atoms with van der Waals surface area (Å²) in [5, 5.41) is 0. The van der Waals surface area contributed by atoms with E-state index in [0.29, 0.717) is 13.0 Å². The molecule has 1 spiro atoms. The fourth-order valence-corrected chi connectivity index (χ4v) is 2.87. The van der Waals surface area contributed by atoms with E-state index in [1.807, 2.05) is 0 Å². The molecule has 20 heavy (non-hydrogen) atoms. The van der Waals surface area contributed by atoms with Crippen molar-refractivity contribution in [2.24, 2.45) is 0 Å². The lowest BCUT2D eigenvalue weighted by Crippen LogP contribution is -2.48. The van der Waals surface area contributed by atoms with Gasteiger partial charge in [-0.3, -0.25) is 4.98 Å². The van der Waals surface area contributed by atoms with E-state index in [4.69, 9.17) is 9.47 Å². The molecule has 1 atom stereocenters. The van der Waals surface area contributed by atoms with E-state index in [2.05, 4.69) is 4.98 Å². The summed E-state index contributed by atoms with van der Waals surface area (Å²) >= 11 is 0. The number of halogens is 3. The molecule has 2 heterocycles. The first-order valence-corrected chi connectivity index (χ1v) is 6.92. The van der Waals surface area contributed by atoms with Crippen LogP contribution < -0.4 is 10.2 Å². The van der Waals surface area contributed by atoms with Crippen LogP contribution in [0.25, 0.3) is 0 Å². The first-order valence-electron chi connectivity index (χ1n) is 6.92. The van der Waals surface area contributed by atoms with E-state index in [9.17, 15) is 12.9 Å². The average molecular weight is 286 g/mol. The van der Waals surface area contributed by atoms with Gasteiger partial charge in [0.05, 0.1) is 18.4 Å². The topological polar surface area (TPSA) is 31.4 Å². The summed E-state index contributed by atoms with van der Waals surface area (Å²) in [7, 11) is 0. The Morgan fingerprint density at radius 3 is 2.75 bits per heavy atom. The highest BCUT2D eigenvalue weighted by atomic mass is 19.4. The predicted molar refractivity (Wildman–Crippen MR) is 69.1 cm³/mol. The molecule has 1 unspecified atom stereocenters. The van der Waals surface area contributed by atoms with Crippen molar-refractivity contribution in [3.05, 3.63) is 18.5 Å². The Morgan fingerprint density at radius 1 is 1.30 bits per heavy atom. The molecule has 0 aromatic carbocycles. The van der Waals surface area contributed by atoms with Gasteiger partial charge in [0.15, 0.2) is 0 Å². The highest BCUT2D eigenvalue weighted by molar-refractivity contribution is 6.73. The van der Waals surface area contributed by atoms with Gasteiger partial charge < -0.3 is 22.4 Å². The van der Waals surface area contributed by atoms with E-state index in [1.165, 1.54) is 6.20 Å². The summed E-state index contributed by atoms with van der Waals surface area (Å²) in [6.45, 7) is -4.42. The molecule has 0 radical (unpaired) electrons. The van der Waals surface area contributed by atoms with Crippen LogP contribution >= 0.6 is 0 Å². The molecular weight excluding hydrogens is 270 g/mol. The van der Waals surface area contributed by atoms with Crippen molar-refractivity contribution >= 4 is 12.4 Å². The molecule has 7 heteroatoms. The summed E-state index contributed by atoms with van der Waals surface area (Å²) in [6.07, 6.45) is 6.77. The normalized spacial score (nSPS) is 25.2. The van der Waals surface area contributed by atoms with Crippen LogP contribution in [0, 0.1) is 0 Å². The fourth-order valence-electron chi connectivity index (χ4n) is 2.87. The lowest BCUT2D eigenvalue weighted by atomic mass is 9.74. The molecule has 110 valence electrons. The quantitative estimate of drug-likeness (QED) is 0.800. The second kappa shape index (κ2) is 4.95. The molecule has 1 aliphatic carbocycles. The van der Waals surface area contributed by atoms with Crippen molar-refractivity contribution in [2.45, 2.75) is 43.8 Å². The molecule has 0 amide bonds. The van der Waals surface area contributed by atoms with Crippen LogP contribution in [0.4, 0.5) is 12.9 Å². The van der Waals surface area contributed by atoms with Gasteiger partial charge in [0.2, 0.25) is 0 Å². The Kier molecular flexibility index (Phi) is 3.40. The van der Waals surface area contributed by atoms with Gasteiger partial charge >= 0.3 is 6.98 Å². The third kappa shape index (κ3) is 2.77. The Bertz CT molecular complexity index is 491. The van der Waals surface area contributed by atoms with Crippen molar-refractivity contribution in [3.8, 4) is 5.75 Å². The van der Waals surface area contributed by atoms with Crippen molar-refractivity contribution in [1.82, 2.24) is 4.98 Å². The number of hydrogen-bond acceptors (Lipinski definition) is 3. The van der Waals surface area contributed by atoms with Crippen molar-refractivity contribution in [3.63, 3.8) is 0 Å². The maximum atomic E-state index is 12.7.